The first-order valence-corrected chi connectivity index (χ1v) is 10.6. The number of carbonyl (C=O) groups excluding carboxylic acids is 2. The van der Waals surface area contributed by atoms with E-state index in [0.717, 1.165) is 11.1 Å². The number of amides is 1. The Balaban J connectivity index is 1.73. The molecule has 0 aliphatic carbocycles. The highest BCUT2D eigenvalue weighted by molar-refractivity contribution is 6.46. The molecule has 0 bridgehead atoms. The lowest BCUT2D eigenvalue weighted by Gasteiger charge is -2.25. The number of Topliss-reactive ketones (excluding diaryl/α,β-unsaturated/α-hetero) is 1. The van der Waals surface area contributed by atoms with Gasteiger partial charge in [-0.1, -0.05) is 30.3 Å². The summed E-state index contributed by atoms with van der Waals surface area (Å²) in [4.78, 5) is 31.6. The van der Waals surface area contributed by atoms with Gasteiger partial charge in [0.25, 0.3) is 11.7 Å². The molecule has 0 radical (unpaired) electrons. The van der Waals surface area contributed by atoms with Crippen LogP contribution in [0.5, 0.6) is 5.75 Å². The minimum Gasteiger partial charge on any atom is -0.507 e. The van der Waals surface area contributed by atoms with Gasteiger partial charge in [-0.3, -0.25) is 14.6 Å². The van der Waals surface area contributed by atoms with Gasteiger partial charge in [-0.05, 0) is 60.9 Å². The quantitative estimate of drug-likeness (QED) is 0.348. The zero-order chi connectivity index (χ0) is 22.5. The van der Waals surface area contributed by atoms with Gasteiger partial charge in [-0.2, -0.15) is 0 Å². The third kappa shape index (κ3) is 4.25. The van der Waals surface area contributed by atoms with Crippen molar-refractivity contribution < 1.29 is 19.4 Å². The summed E-state index contributed by atoms with van der Waals surface area (Å²) in [5.74, 6) is -0.838. The lowest BCUT2D eigenvalue weighted by molar-refractivity contribution is -0.139. The molecule has 3 aromatic rings. The third-order valence-corrected chi connectivity index (χ3v) is 5.48. The standard InChI is InChI=1S/C26H24N2O4/c1-2-32-21-10-8-20(9-11-21)24(29)22-23(19-12-15-27-16-13-19)28(26(31)25(22)30)17-14-18-6-4-3-5-7-18/h3-13,15-16,23,29H,2,14,17H2,1H3. The molecule has 32 heavy (non-hydrogen) atoms. The van der Waals surface area contributed by atoms with Crippen molar-refractivity contribution in [2.75, 3.05) is 13.2 Å². The van der Waals surface area contributed by atoms with E-state index >= 15 is 0 Å². The van der Waals surface area contributed by atoms with Gasteiger partial charge in [0.1, 0.15) is 11.5 Å². The minimum absolute atomic E-state index is 0.0819. The zero-order valence-corrected chi connectivity index (χ0v) is 17.8. The van der Waals surface area contributed by atoms with Crippen molar-refractivity contribution in [3.63, 3.8) is 0 Å². The summed E-state index contributed by atoms with van der Waals surface area (Å²) in [5, 5.41) is 11.1. The van der Waals surface area contributed by atoms with E-state index in [2.05, 4.69) is 4.98 Å². The molecule has 1 N–H and O–H groups in total. The van der Waals surface area contributed by atoms with Gasteiger partial charge in [0.05, 0.1) is 18.2 Å². The average molecular weight is 428 g/mol. The number of aliphatic hydroxyl groups excluding tert-OH is 1. The van der Waals surface area contributed by atoms with E-state index in [-0.39, 0.29) is 11.3 Å². The number of hydrogen-bond acceptors (Lipinski definition) is 5. The van der Waals surface area contributed by atoms with Crippen LogP contribution in [0.25, 0.3) is 5.76 Å². The molecule has 162 valence electrons. The molecule has 6 heteroatoms. The Morgan fingerprint density at radius 1 is 1.00 bits per heavy atom. The lowest BCUT2D eigenvalue weighted by Crippen LogP contribution is -2.31. The highest BCUT2D eigenvalue weighted by atomic mass is 16.5. The van der Waals surface area contributed by atoms with E-state index in [1.165, 1.54) is 4.90 Å². The number of hydrogen-bond donors (Lipinski definition) is 1. The largest absolute Gasteiger partial charge is 0.507 e. The normalized spacial score (nSPS) is 17.5. The van der Waals surface area contributed by atoms with Crippen molar-refractivity contribution in [3.8, 4) is 5.75 Å². The molecule has 1 amide bonds. The van der Waals surface area contributed by atoms with E-state index in [1.807, 2.05) is 37.3 Å². The molecule has 1 aromatic heterocycles. The molecule has 1 saturated heterocycles. The van der Waals surface area contributed by atoms with Gasteiger partial charge in [0.2, 0.25) is 0 Å². The van der Waals surface area contributed by atoms with Crippen LogP contribution in [0.3, 0.4) is 0 Å². The number of aromatic nitrogens is 1. The molecule has 1 aliphatic rings. The Morgan fingerprint density at radius 2 is 1.69 bits per heavy atom. The fraction of sp³-hybridized carbons (Fsp3) is 0.192. The number of likely N-dealkylation sites (tertiary alicyclic amines) is 1. The Hall–Kier alpha value is -3.93. The summed E-state index contributed by atoms with van der Waals surface area (Å²) >= 11 is 0. The highest BCUT2D eigenvalue weighted by Gasteiger charge is 2.45. The minimum atomic E-state index is -0.689. The molecular formula is C26H24N2O4. The molecule has 1 aliphatic heterocycles. The van der Waals surface area contributed by atoms with Gasteiger partial charge < -0.3 is 14.7 Å². The zero-order valence-electron chi connectivity index (χ0n) is 17.8. The van der Waals surface area contributed by atoms with Crippen LogP contribution < -0.4 is 4.74 Å². The van der Waals surface area contributed by atoms with Crippen LogP contribution in [0.2, 0.25) is 0 Å². The SMILES string of the molecule is CCOc1ccc(C(O)=C2C(=O)C(=O)N(CCc3ccccc3)C2c2ccncc2)cc1. The predicted molar refractivity (Wildman–Crippen MR) is 121 cm³/mol. The van der Waals surface area contributed by atoms with Crippen molar-refractivity contribution in [1.29, 1.82) is 0 Å². The molecule has 1 unspecified atom stereocenters. The molecule has 4 rings (SSSR count). The number of nitrogens with zero attached hydrogens (tertiary/aromatic N) is 2. The molecule has 0 saturated carbocycles. The first kappa shape index (κ1) is 21.3. The van der Waals surface area contributed by atoms with Gasteiger partial charge in [-0.15, -0.1) is 0 Å². The summed E-state index contributed by atoms with van der Waals surface area (Å²) in [5.41, 5.74) is 2.32. The average Bonchev–Trinajstić information content (AvgIpc) is 3.09. The first-order valence-electron chi connectivity index (χ1n) is 10.6. The van der Waals surface area contributed by atoms with Crippen molar-refractivity contribution in [2.45, 2.75) is 19.4 Å². The van der Waals surface area contributed by atoms with E-state index in [9.17, 15) is 14.7 Å². The highest BCUT2D eigenvalue weighted by Crippen LogP contribution is 2.39. The fourth-order valence-electron chi connectivity index (χ4n) is 3.93. The van der Waals surface area contributed by atoms with Crippen molar-refractivity contribution in [1.82, 2.24) is 9.88 Å². The molecular weight excluding hydrogens is 404 g/mol. The van der Waals surface area contributed by atoms with Crippen LogP contribution in [-0.4, -0.2) is 39.8 Å². The smallest absolute Gasteiger partial charge is 0.295 e. The van der Waals surface area contributed by atoms with Crippen LogP contribution in [0.4, 0.5) is 0 Å². The summed E-state index contributed by atoms with van der Waals surface area (Å²) in [6.45, 7) is 2.76. The summed E-state index contributed by atoms with van der Waals surface area (Å²) in [6.07, 6.45) is 3.82. The van der Waals surface area contributed by atoms with Crippen molar-refractivity contribution in [2.24, 2.45) is 0 Å². The molecule has 2 heterocycles. The van der Waals surface area contributed by atoms with Gasteiger partial charge in [0.15, 0.2) is 0 Å². The Kier molecular flexibility index (Phi) is 6.31. The summed E-state index contributed by atoms with van der Waals surface area (Å²) < 4.78 is 5.45. The molecule has 0 spiro atoms. The van der Waals surface area contributed by atoms with Crippen molar-refractivity contribution >= 4 is 17.4 Å². The Morgan fingerprint density at radius 3 is 2.34 bits per heavy atom. The monoisotopic (exact) mass is 428 g/mol. The number of ether oxygens (including phenoxy) is 1. The maximum Gasteiger partial charge on any atom is 0.295 e. The Labute approximate surface area is 186 Å². The van der Waals surface area contributed by atoms with Crippen LogP contribution >= 0.6 is 0 Å². The summed E-state index contributed by atoms with van der Waals surface area (Å²) in [7, 11) is 0. The number of pyridine rings is 1. The van der Waals surface area contributed by atoms with Crippen LogP contribution in [0, 0.1) is 0 Å². The molecule has 1 atom stereocenters. The van der Waals surface area contributed by atoms with Gasteiger partial charge in [0, 0.05) is 24.5 Å². The number of aliphatic hydroxyl groups is 1. The van der Waals surface area contributed by atoms with Crippen LogP contribution in [-0.2, 0) is 16.0 Å². The van der Waals surface area contributed by atoms with E-state index < -0.39 is 17.7 Å². The summed E-state index contributed by atoms with van der Waals surface area (Å²) in [6, 6.07) is 19.4. The van der Waals surface area contributed by atoms with Gasteiger partial charge >= 0.3 is 0 Å². The van der Waals surface area contributed by atoms with Crippen LogP contribution in [0.15, 0.2) is 84.7 Å². The topological polar surface area (TPSA) is 79.7 Å². The number of ketones is 1. The number of carbonyl (C=O) groups is 2. The molecule has 2 aromatic carbocycles. The number of benzene rings is 2. The second kappa shape index (κ2) is 9.47. The molecule has 6 nitrogen and oxygen atoms in total. The van der Waals surface area contributed by atoms with E-state index in [0.29, 0.717) is 30.9 Å². The van der Waals surface area contributed by atoms with Crippen LogP contribution in [0.1, 0.15) is 29.7 Å². The second-order valence-electron chi connectivity index (χ2n) is 7.47. The first-order chi connectivity index (χ1) is 15.6. The fourth-order valence-corrected chi connectivity index (χ4v) is 3.93. The predicted octanol–water partition coefficient (Wildman–Crippen LogP) is 4.14. The number of rotatable bonds is 7. The lowest BCUT2D eigenvalue weighted by atomic mass is 9.96. The van der Waals surface area contributed by atoms with Gasteiger partial charge in [-0.25, -0.2) is 0 Å². The van der Waals surface area contributed by atoms with E-state index in [1.54, 1.807) is 48.8 Å². The molecule has 1 fully saturated rings. The Bertz CT molecular complexity index is 1130. The maximum absolute atomic E-state index is 13.0. The van der Waals surface area contributed by atoms with E-state index in [4.69, 9.17) is 4.74 Å². The second-order valence-corrected chi connectivity index (χ2v) is 7.47. The maximum atomic E-state index is 13.0. The van der Waals surface area contributed by atoms with Crippen molar-refractivity contribution in [3.05, 3.63) is 101 Å². The third-order valence-electron chi connectivity index (χ3n) is 5.48.